The van der Waals surface area contributed by atoms with Crippen molar-refractivity contribution in [2.45, 2.75) is 108 Å². The van der Waals surface area contributed by atoms with Crippen molar-refractivity contribution in [3.63, 3.8) is 0 Å². The minimum absolute atomic E-state index is 0.00597. The molecule has 1 unspecified atom stereocenters. The zero-order valence-electron chi connectivity index (χ0n) is 18.7. The van der Waals surface area contributed by atoms with Crippen LogP contribution in [-0.2, 0) is 24.4 Å². The lowest BCUT2D eigenvalue weighted by atomic mass is 10.1. The largest absolute Gasteiger partial charge is 0.481 e. The van der Waals surface area contributed by atoms with Crippen molar-refractivity contribution in [2.24, 2.45) is 0 Å². The van der Waals surface area contributed by atoms with E-state index in [1.54, 1.807) is 0 Å². The maximum atomic E-state index is 11.7. The van der Waals surface area contributed by atoms with E-state index in [0.717, 1.165) is 57.8 Å². The van der Waals surface area contributed by atoms with E-state index in [-0.39, 0.29) is 12.7 Å². The Labute approximate surface area is 186 Å². The molecular formula is C22H40O8S. The van der Waals surface area contributed by atoms with Gasteiger partial charge in [0, 0.05) is 0 Å². The summed E-state index contributed by atoms with van der Waals surface area (Å²) in [6, 6.07) is 0. The number of carbonyl (C=O) groups is 2. The van der Waals surface area contributed by atoms with Crippen LogP contribution < -0.4 is 0 Å². The lowest BCUT2D eigenvalue weighted by Gasteiger charge is -2.11. The highest BCUT2D eigenvalue weighted by molar-refractivity contribution is 7.87. The number of aliphatic hydroxyl groups excluding tert-OH is 1. The molecule has 0 saturated carbocycles. The Hall–Kier alpha value is -1.45. The van der Waals surface area contributed by atoms with Crippen molar-refractivity contribution in [2.75, 3.05) is 6.61 Å². The molecule has 0 fully saturated rings. The number of aliphatic hydroxyl groups is 1. The Bertz CT molecular complexity index is 615. The number of carboxylic acid groups (broad SMARTS) is 1. The fraction of sp³-hybridized carbons (Fsp3) is 0.818. The van der Waals surface area contributed by atoms with E-state index in [4.69, 9.17) is 14.4 Å². The first kappa shape index (κ1) is 29.5. The van der Waals surface area contributed by atoms with Gasteiger partial charge in [0.05, 0.1) is 19.1 Å². The molecular weight excluding hydrogens is 424 g/mol. The Balaban J connectivity index is 3.67. The van der Waals surface area contributed by atoms with E-state index in [1.165, 1.54) is 19.3 Å². The molecule has 0 aliphatic carbocycles. The molecule has 0 saturated heterocycles. The lowest BCUT2D eigenvalue weighted by molar-refractivity contribution is -0.147. The molecule has 0 heterocycles. The molecule has 0 aromatic heterocycles. The van der Waals surface area contributed by atoms with E-state index in [1.807, 2.05) is 0 Å². The van der Waals surface area contributed by atoms with Crippen LogP contribution in [0, 0.1) is 0 Å². The van der Waals surface area contributed by atoms with Crippen molar-refractivity contribution in [3.05, 3.63) is 12.2 Å². The molecule has 0 spiro atoms. The van der Waals surface area contributed by atoms with Crippen molar-refractivity contribution in [3.8, 4) is 0 Å². The van der Waals surface area contributed by atoms with Crippen LogP contribution in [0.3, 0.4) is 0 Å². The molecule has 0 bridgehead atoms. The third-order valence-corrected chi connectivity index (χ3v) is 6.04. The summed E-state index contributed by atoms with van der Waals surface area (Å²) in [5, 5.41) is 16.4. The number of ether oxygens (including phenoxy) is 1. The van der Waals surface area contributed by atoms with Crippen molar-refractivity contribution >= 4 is 22.1 Å². The van der Waals surface area contributed by atoms with Crippen molar-refractivity contribution in [1.82, 2.24) is 0 Å². The van der Waals surface area contributed by atoms with Gasteiger partial charge in [0.15, 0.2) is 5.25 Å². The standard InChI is InChI=1S/C22H40O8S/c1-2-3-4-12-15-19(23)16-13-10-8-6-5-7-9-11-14-17-30-22(26)20(18-21(24)25)31(27,28)29/h10,13,19-20,23H,2-9,11-12,14-18H2,1H3,(H,24,25)(H,27,28,29)/t19-,20?/m1/s1. The summed E-state index contributed by atoms with van der Waals surface area (Å²) < 4.78 is 35.9. The predicted molar refractivity (Wildman–Crippen MR) is 119 cm³/mol. The van der Waals surface area contributed by atoms with E-state index in [2.05, 4.69) is 19.1 Å². The summed E-state index contributed by atoms with van der Waals surface area (Å²) in [7, 11) is -4.81. The van der Waals surface area contributed by atoms with Gasteiger partial charge >= 0.3 is 11.9 Å². The van der Waals surface area contributed by atoms with Crippen LogP contribution in [0.4, 0.5) is 0 Å². The molecule has 0 amide bonds. The fourth-order valence-corrected chi connectivity index (χ4v) is 3.77. The average Bonchev–Trinajstić information content (AvgIpc) is 2.69. The molecule has 0 aromatic rings. The first-order valence-corrected chi connectivity index (χ1v) is 12.9. The molecule has 182 valence electrons. The number of carboxylic acids is 1. The molecule has 9 heteroatoms. The lowest BCUT2D eigenvalue weighted by Crippen LogP contribution is -2.34. The number of hydrogen-bond acceptors (Lipinski definition) is 6. The Morgan fingerprint density at radius 2 is 1.55 bits per heavy atom. The highest BCUT2D eigenvalue weighted by Gasteiger charge is 2.34. The normalized spacial score (nSPS) is 13.9. The zero-order chi connectivity index (χ0) is 23.5. The monoisotopic (exact) mass is 464 g/mol. The number of unbranched alkanes of at least 4 members (excludes halogenated alkanes) is 9. The van der Waals surface area contributed by atoms with Gasteiger partial charge in [-0.05, 0) is 32.1 Å². The van der Waals surface area contributed by atoms with E-state index in [9.17, 15) is 23.1 Å². The minimum Gasteiger partial charge on any atom is -0.481 e. The molecule has 0 radical (unpaired) electrons. The third-order valence-electron chi connectivity index (χ3n) is 4.96. The number of rotatable bonds is 20. The van der Waals surface area contributed by atoms with Gasteiger partial charge in [0.1, 0.15) is 0 Å². The second-order valence-electron chi connectivity index (χ2n) is 7.89. The van der Waals surface area contributed by atoms with Gasteiger partial charge in [-0.15, -0.1) is 0 Å². The van der Waals surface area contributed by atoms with E-state index < -0.39 is 33.7 Å². The Morgan fingerprint density at radius 1 is 0.935 bits per heavy atom. The SMILES string of the molecule is CCCCCC[C@@H](O)CC=CCCCCCCCCOC(=O)C(CC(=O)O)S(=O)(=O)O. The van der Waals surface area contributed by atoms with E-state index in [0.29, 0.717) is 6.42 Å². The summed E-state index contributed by atoms with van der Waals surface area (Å²) in [5.74, 6) is -2.74. The second kappa shape index (κ2) is 18.2. The number of allylic oxidation sites excluding steroid dienone is 1. The maximum Gasteiger partial charge on any atom is 0.327 e. The summed E-state index contributed by atoms with van der Waals surface area (Å²) in [6.07, 6.45) is 15.7. The van der Waals surface area contributed by atoms with Gasteiger partial charge in [0.25, 0.3) is 10.1 Å². The molecule has 0 rings (SSSR count). The molecule has 31 heavy (non-hydrogen) atoms. The minimum atomic E-state index is -4.81. The van der Waals surface area contributed by atoms with Crippen molar-refractivity contribution in [1.29, 1.82) is 0 Å². The van der Waals surface area contributed by atoms with Gasteiger partial charge in [-0.1, -0.05) is 70.4 Å². The predicted octanol–water partition coefficient (Wildman–Crippen LogP) is 4.27. The van der Waals surface area contributed by atoms with Crippen LogP contribution in [-0.4, -0.2) is 53.1 Å². The van der Waals surface area contributed by atoms with Crippen LogP contribution in [0.2, 0.25) is 0 Å². The third kappa shape index (κ3) is 17.9. The summed E-state index contributed by atoms with van der Waals surface area (Å²) in [5.41, 5.74) is 0. The molecule has 3 N–H and O–H groups in total. The van der Waals surface area contributed by atoms with Crippen LogP contribution in [0.25, 0.3) is 0 Å². The molecule has 0 aliphatic rings. The number of aliphatic carboxylic acids is 1. The number of carbonyl (C=O) groups excluding carboxylic acids is 1. The molecule has 0 aliphatic heterocycles. The highest BCUT2D eigenvalue weighted by Crippen LogP contribution is 2.11. The highest BCUT2D eigenvalue weighted by atomic mass is 32.2. The Morgan fingerprint density at radius 3 is 2.16 bits per heavy atom. The Kier molecular flexibility index (Phi) is 17.3. The van der Waals surface area contributed by atoms with Crippen molar-refractivity contribution < 1.29 is 37.5 Å². The quantitative estimate of drug-likeness (QED) is 0.105. The molecule has 8 nitrogen and oxygen atoms in total. The van der Waals surface area contributed by atoms with Crippen LogP contribution >= 0.6 is 0 Å². The van der Waals surface area contributed by atoms with Gasteiger partial charge in [-0.25, -0.2) is 0 Å². The van der Waals surface area contributed by atoms with Crippen LogP contribution in [0.5, 0.6) is 0 Å². The average molecular weight is 465 g/mol. The van der Waals surface area contributed by atoms with E-state index >= 15 is 0 Å². The van der Waals surface area contributed by atoms with Gasteiger partial charge in [-0.3, -0.25) is 14.1 Å². The number of hydrogen-bond donors (Lipinski definition) is 3. The molecule has 2 atom stereocenters. The summed E-state index contributed by atoms with van der Waals surface area (Å²) in [4.78, 5) is 22.3. The van der Waals surface area contributed by atoms with Crippen LogP contribution in [0.1, 0.15) is 96.8 Å². The first-order valence-electron chi connectivity index (χ1n) is 11.4. The zero-order valence-corrected chi connectivity index (χ0v) is 19.5. The van der Waals surface area contributed by atoms with Gasteiger partial charge in [0.2, 0.25) is 0 Å². The molecule has 0 aromatic carbocycles. The van der Waals surface area contributed by atoms with Gasteiger partial charge < -0.3 is 14.9 Å². The first-order chi connectivity index (χ1) is 14.7. The summed E-state index contributed by atoms with van der Waals surface area (Å²) in [6.45, 7) is 2.17. The van der Waals surface area contributed by atoms with Crippen LogP contribution in [0.15, 0.2) is 12.2 Å². The van der Waals surface area contributed by atoms with Gasteiger partial charge in [-0.2, -0.15) is 8.42 Å². The number of esters is 1. The second-order valence-corrected chi connectivity index (χ2v) is 9.49. The summed E-state index contributed by atoms with van der Waals surface area (Å²) >= 11 is 0. The maximum absolute atomic E-state index is 11.7. The topological polar surface area (TPSA) is 138 Å². The smallest absolute Gasteiger partial charge is 0.327 e. The fourth-order valence-electron chi connectivity index (χ4n) is 3.10.